The molecule has 1 rings (SSSR count). The maximum Gasteiger partial charge on any atom is 0.224 e. The van der Waals surface area contributed by atoms with Gasteiger partial charge in [0, 0.05) is 11.0 Å². The van der Waals surface area contributed by atoms with Crippen molar-refractivity contribution in [1.29, 1.82) is 0 Å². The molecule has 0 aliphatic rings. The van der Waals surface area contributed by atoms with E-state index in [2.05, 4.69) is 21.2 Å². The van der Waals surface area contributed by atoms with Gasteiger partial charge in [-0.05, 0) is 30.7 Å². The molecule has 0 saturated heterocycles. The summed E-state index contributed by atoms with van der Waals surface area (Å²) < 4.78 is 0.995. The maximum atomic E-state index is 11.4. The Labute approximate surface area is 98.2 Å². The monoisotopic (exact) mass is 270 g/mol. The molecule has 0 atom stereocenters. The number of carbonyl (C=O) groups excluding carboxylic acids is 1. The second-order valence-electron chi connectivity index (χ2n) is 3.30. The summed E-state index contributed by atoms with van der Waals surface area (Å²) in [5.74, 6) is 0.0431. The molecule has 0 radical (unpaired) electrons. The Balaban J connectivity index is 2.37. The van der Waals surface area contributed by atoms with Crippen molar-refractivity contribution in [3.63, 3.8) is 0 Å². The molecule has 0 saturated carbocycles. The minimum absolute atomic E-state index is 0.0431. The van der Waals surface area contributed by atoms with Crippen LogP contribution in [0.5, 0.6) is 0 Å². The highest BCUT2D eigenvalue weighted by molar-refractivity contribution is 9.10. The summed E-state index contributed by atoms with van der Waals surface area (Å²) in [5.41, 5.74) is 6.34. The molecule has 82 valence electrons. The Hall–Kier alpha value is -0.870. The molecule has 4 heteroatoms. The van der Waals surface area contributed by atoms with Gasteiger partial charge in [0.2, 0.25) is 5.91 Å². The molecule has 3 N–H and O–H groups in total. The molecule has 0 aliphatic heterocycles. The number of rotatable bonds is 5. The van der Waals surface area contributed by atoms with Crippen LogP contribution < -0.4 is 11.1 Å². The minimum Gasteiger partial charge on any atom is -0.356 e. The van der Waals surface area contributed by atoms with E-state index in [1.807, 2.05) is 24.3 Å². The molecule has 0 bridgehead atoms. The number of hydrogen-bond donors (Lipinski definition) is 2. The van der Waals surface area contributed by atoms with Gasteiger partial charge in [0.25, 0.3) is 0 Å². The summed E-state index contributed by atoms with van der Waals surface area (Å²) in [7, 11) is 0. The topological polar surface area (TPSA) is 55.1 Å². The third kappa shape index (κ3) is 4.95. The van der Waals surface area contributed by atoms with E-state index in [4.69, 9.17) is 5.73 Å². The fourth-order valence-corrected chi connectivity index (χ4v) is 1.67. The molecule has 1 aromatic rings. The van der Waals surface area contributed by atoms with Gasteiger partial charge in [-0.1, -0.05) is 28.1 Å². The van der Waals surface area contributed by atoms with Crippen LogP contribution in [0.15, 0.2) is 28.7 Å². The van der Waals surface area contributed by atoms with Gasteiger partial charge in [0.15, 0.2) is 0 Å². The van der Waals surface area contributed by atoms with Gasteiger partial charge >= 0.3 is 0 Å². The van der Waals surface area contributed by atoms with E-state index in [1.165, 1.54) is 0 Å². The standard InChI is InChI=1S/C11H15BrN2O/c12-10-4-1-3-9(7-10)8-11(15)14-6-2-5-13/h1,3-4,7H,2,5-6,8,13H2,(H,14,15). The number of benzene rings is 1. The van der Waals surface area contributed by atoms with Crippen molar-refractivity contribution in [3.8, 4) is 0 Å². The highest BCUT2D eigenvalue weighted by Crippen LogP contribution is 2.11. The van der Waals surface area contributed by atoms with Gasteiger partial charge in [-0.25, -0.2) is 0 Å². The molecule has 1 aromatic carbocycles. The average Bonchev–Trinajstić information content (AvgIpc) is 2.18. The largest absolute Gasteiger partial charge is 0.356 e. The molecule has 0 aromatic heterocycles. The van der Waals surface area contributed by atoms with Crippen molar-refractivity contribution in [2.45, 2.75) is 12.8 Å². The normalized spacial score (nSPS) is 10.0. The zero-order valence-corrected chi connectivity index (χ0v) is 10.1. The molecule has 15 heavy (non-hydrogen) atoms. The highest BCUT2D eigenvalue weighted by atomic mass is 79.9. The molecule has 0 heterocycles. The smallest absolute Gasteiger partial charge is 0.224 e. The van der Waals surface area contributed by atoms with Crippen molar-refractivity contribution in [2.24, 2.45) is 5.73 Å². The lowest BCUT2D eigenvalue weighted by molar-refractivity contribution is -0.120. The van der Waals surface area contributed by atoms with Crippen LogP contribution in [0.3, 0.4) is 0 Å². The van der Waals surface area contributed by atoms with Crippen LogP contribution in [-0.2, 0) is 11.2 Å². The quantitative estimate of drug-likeness (QED) is 0.796. The van der Waals surface area contributed by atoms with Crippen molar-refractivity contribution < 1.29 is 4.79 Å². The van der Waals surface area contributed by atoms with Crippen LogP contribution in [0.2, 0.25) is 0 Å². The van der Waals surface area contributed by atoms with E-state index in [0.717, 1.165) is 16.5 Å². The van der Waals surface area contributed by atoms with E-state index < -0.39 is 0 Å². The Morgan fingerprint density at radius 3 is 2.93 bits per heavy atom. The van der Waals surface area contributed by atoms with Crippen LogP contribution in [0.25, 0.3) is 0 Å². The SMILES string of the molecule is NCCCNC(=O)Cc1cccc(Br)c1. The van der Waals surface area contributed by atoms with Crippen LogP contribution in [0.4, 0.5) is 0 Å². The number of nitrogens with one attached hydrogen (secondary N) is 1. The fourth-order valence-electron chi connectivity index (χ4n) is 1.22. The van der Waals surface area contributed by atoms with E-state index in [0.29, 0.717) is 19.5 Å². The molecule has 0 fully saturated rings. The van der Waals surface area contributed by atoms with Crippen LogP contribution >= 0.6 is 15.9 Å². The molecular weight excluding hydrogens is 256 g/mol. The second kappa shape index (κ2) is 6.58. The Bertz CT molecular complexity index is 328. The van der Waals surface area contributed by atoms with E-state index in [1.54, 1.807) is 0 Å². The van der Waals surface area contributed by atoms with Crippen LogP contribution in [0.1, 0.15) is 12.0 Å². The highest BCUT2D eigenvalue weighted by Gasteiger charge is 2.02. The first kappa shape index (κ1) is 12.2. The lowest BCUT2D eigenvalue weighted by atomic mass is 10.1. The maximum absolute atomic E-state index is 11.4. The summed E-state index contributed by atoms with van der Waals surface area (Å²) in [4.78, 5) is 11.4. The zero-order chi connectivity index (χ0) is 11.1. The molecule has 0 aliphatic carbocycles. The van der Waals surface area contributed by atoms with Crippen LogP contribution in [0, 0.1) is 0 Å². The second-order valence-corrected chi connectivity index (χ2v) is 4.21. The van der Waals surface area contributed by atoms with Gasteiger partial charge < -0.3 is 11.1 Å². The number of nitrogens with two attached hydrogens (primary N) is 1. The first-order valence-electron chi connectivity index (χ1n) is 4.93. The van der Waals surface area contributed by atoms with Crippen LogP contribution in [-0.4, -0.2) is 19.0 Å². The Kier molecular flexibility index (Phi) is 5.36. The number of hydrogen-bond acceptors (Lipinski definition) is 2. The summed E-state index contributed by atoms with van der Waals surface area (Å²) in [5, 5.41) is 2.82. The predicted octanol–water partition coefficient (Wildman–Crippen LogP) is 1.46. The third-order valence-electron chi connectivity index (χ3n) is 1.96. The van der Waals surface area contributed by atoms with E-state index >= 15 is 0 Å². The average molecular weight is 271 g/mol. The van der Waals surface area contributed by atoms with E-state index in [-0.39, 0.29) is 5.91 Å². The van der Waals surface area contributed by atoms with Crippen molar-refractivity contribution >= 4 is 21.8 Å². The molecule has 1 amide bonds. The number of amides is 1. The van der Waals surface area contributed by atoms with Crippen molar-refractivity contribution in [2.75, 3.05) is 13.1 Å². The Morgan fingerprint density at radius 2 is 2.27 bits per heavy atom. The van der Waals surface area contributed by atoms with Crippen molar-refractivity contribution in [1.82, 2.24) is 5.32 Å². The molecule has 0 spiro atoms. The summed E-state index contributed by atoms with van der Waals surface area (Å²) >= 11 is 3.37. The molecule has 3 nitrogen and oxygen atoms in total. The lowest BCUT2D eigenvalue weighted by Gasteiger charge is -2.04. The van der Waals surface area contributed by atoms with Crippen molar-refractivity contribution in [3.05, 3.63) is 34.3 Å². The summed E-state index contributed by atoms with van der Waals surface area (Å²) in [6.45, 7) is 1.26. The minimum atomic E-state index is 0.0431. The predicted molar refractivity (Wildman–Crippen MR) is 64.5 cm³/mol. The first-order chi connectivity index (χ1) is 7.22. The lowest BCUT2D eigenvalue weighted by Crippen LogP contribution is -2.27. The fraction of sp³-hybridized carbons (Fsp3) is 0.364. The summed E-state index contributed by atoms with van der Waals surface area (Å²) in [6.07, 6.45) is 1.24. The van der Waals surface area contributed by atoms with Gasteiger partial charge in [-0.3, -0.25) is 4.79 Å². The first-order valence-corrected chi connectivity index (χ1v) is 5.73. The van der Waals surface area contributed by atoms with Gasteiger partial charge in [0.05, 0.1) is 6.42 Å². The van der Waals surface area contributed by atoms with Gasteiger partial charge in [-0.15, -0.1) is 0 Å². The molecule has 0 unspecified atom stereocenters. The molecular formula is C11H15BrN2O. The van der Waals surface area contributed by atoms with Gasteiger partial charge in [-0.2, -0.15) is 0 Å². The zero-order valence-electron chi connectivity index (χ0n) is 8.50. The van der Waals surface area contributed by atoms with E-state index in [9.17, 15) is 4.79 Å². The van der Waals surface area contributed by atoms with Gasteiger partial charge in [0.1, 0.15) is 0 Å². The number of halogens is 1. The summed E-state index contributed by atoms with van der Waals surface area (Å²) in [6, 6.07) is 7.75. The Morgan fingerprint density at radius 1 is 1.47 bits per heavy atom. The number of carbonyl (C=O) groups is 1. The third-order valence-corrected chi connectivity index (χ3v) is 2.45.